The van der Waals surface area contributed by atoms with E-state index in [1.165, 1.54) is 25.0 Å². The molecule has 0 amide bonds. The first-order valence-corrected chi connectivity index (χ1v) is 7.56. The molecule has 0 saturated heterocycles. The molecule has 2 atom stereocenters. The fourth-order valence-corrected chi connectivity index (χ4v) is 4.22. The van der Waals surface area contributed by atoms with Gasteiger partial charge in [0.05, 0.1) is 0 Å². The van der Waals surface area contributed by atoms with E-state index in [-0.39, 0.29) is 0 Å². The van der Waals surface area contributed by atoms with Gasteiger partial charge in [-0.2, -0.15) is 5.10 Å². The zero-order valence-electron chi connectivity index (χ0n) is 11.6. The van der Waals surface area contributed by atoms with Gasteiger partial charge in [0.25, 0.3) is 0 Å². The molecule has 5 rings (SSSR count). The summed E-state index contributed by atoms with van der Waals surface area (Å²) < 4.78 is 10.8. The molecule has 2 unspecified atom stereocenters. The van der Waals surface area contributed by atoms with E-state index in [0.29, 0.717) is 18.5 Å². The Balaban J connectivity index is 1.58. The van der Waals surface area contributed by atoms with E-state index >= 15 is 0 Å². The lowest BCUT2D eigenvalue weighted by molar-refractivity contribution is 0.174. The van der Waals surface area contributed by atoms with Crippen molar-refractivity contribution in [2.24, 2.45) is 11.8 Å². The number of rotatable bonds is 2. The predicted molar refractivity (Wildman–Crippen MR) is 78.1 cm³/mol. The second-order valence-corrected chi connectivity index (χ2v) is 6.25. The summed E-state index contributed by atoms with van der Waals surface area (Å²) in [6.07, 6.45) is 4.05. The number of benzene rings is 1. The summed E-state index contributed by atoms with van der Waals surface area (Å²) in [5.74, 6) is 4.44. The Hall–Kier alpha value is -2.17. The fraction of sp³-hybridized carbons (Fsp3) is 0.438. The zero-order valence-corrected chi connectivity index (χ0v) is 11.6. The Labute approximate surface area is 122 Å². The average molecular weight is 283 g/mol. The summed E-state index contributed by atoms with van der Waals surface area (Å²) in [6, 6.07) is 5.99. The van der Waals surface area contributed by atoms with E-state index in [4.69, 9.17) is 15.2 Å². The van der Waals surface area contributed by atoms with Crippen LogP contribution in [0.5, 0.6) is 11.5 Å². The van der Waals surface area contributed by atoms with Gasteiger partial charge < -0.3 is 15.2 Å². The third-order valence-corrected chi connectivity index (χ3v) is 5.22. The normalized spacial score (nSPS) is 28.7. The Morgan fingerprint density at radius 3 is 2.81 bits per heavy atom. The molecule has 2 aromatic rings. The molecular weight excluding hydrogens is 266 g/mol. The minimum absolute atomic E-state index is 0.291. The third kappa shape index (κ3) is 1.54. The first kappa shape index (κ1) is 11.5. The van der Waals surface area contributed by atoms with Crippen molar-refractivity contribution in [1.82, 2.24) is 10.2 Å². The van der Waals surface area contributed by atoms with Crippen LogP contribution in [0, 0.1) is 11.8 Å². The maximum absolute atomic E-state index is 6.12. The van der Waals surface area contributed by atoms with Gasteiger partial charge in [0.1, 0.15) is 0 Å². The van der Waals surface area contributed by atoms with Crippen LogP contribution < -0.4 is 15.2 Å². The molecule has 5 nitrogen and oxygen atoms in total. The summed E-state index contributed by atoms with van der Waals surface area (Å²) in [6.45, 7) is 0.291. The van der Waals surface area contributed by atoms with E-state index < -0.39 is 0 Å². The molecule has 2 aliphatic carbocycles. The number of ether oxygens (including phenoxy) is 2. The van der Waals surface area contributed by atoms with Crippen LogP contribution in [0.15, 0.2) is 18.2 Å². The van der Waals surface area contributed by atoms with Gasteiger partial charge in [-0.25, -0.2) is 0 Å². The number of fused-ring (bicyclic) bond motifs is 2. The summed E-state index contributed by atoms with van der Waals surface area (Å²) in [5.41, 5.74) is 9.44. The second kappa shape index (κ2) is 3.93. The number of aromatic amines is 1. The number of hydrogen-bond acceptors (Lipinski definition) is 4. The Morgan fingerprint density at radius 1 is 1.14 bits per heavy atom. The molecule has 0 spiro atoms. The van der Waals surface area contributed by atoms with Gasteiger partial charge in [-0.3, -0.25) is 5.10 Å². The van der Waals surface area contributed by atoms with Crippen LogP contribution in [0.25, 0.3) is 11.1 Å². The third-order valence-electron chi connectivity index (χ3n) is 5.22. The fourth-order valence-electron chi connectivity index (χ4n) is 4.22. The van der Waals surface area contributed by atoms with Crippen molar-refractivity contribution in [3.8, 4) is 22.6 Å². The molecule has 21 heavy (non-hydrogen) atoms. The van der Waals surface area contributed by atoms with E-state index in [0.717, 1.165) is 34.5 Å². The number of nitrogens with zero attached hydrogens (tertiary/aromatic N) is 1. The number of nitrogen functional groups attached to an aromatic ring is 1. The Morgan fingerprint density at radius 2 is 1.95 bits per heavy atom. The summed E-state index contributed by atoms with van der Waals surface area (Å²) in [4.78, 5) is 0. The Bertz CT molecular complexity index is 714. The van der Waals surface area contributed by atoms with Crippen molar-refractivity contribution >= 4 is 5.82 Å². The van der Waals surface area contributed by atoms with Gasteiger partial charge in [0.2, 0.25) is 6.79 Å². The molecule has 1 aliphatic heterocycles. The monoisotopic (exact) mass is 283 g/mol. The molecule has 2 heterocycles. The van der Waals surface area contributed by atoms with E-state index in [1.54, 1.807) is 0 Å². The van der Waals surface area contributed by atoms with Crippen LogP contribution in [0.3, 0.4) is 0 Å². The molecule has 2 fully saturated rings. The molecule has 1 aromatic heterocycles. The molecule has 1 aromatic carbocycles. The van der Waals surface area contributed by atoms with Crippen molar-refractivity contribution in [3.63, 3.8) is 0 Å². The number of anilines is 1. The van der Waals surface area contributed by atoms with E-state index in [2.05, 4.69) is 10.2 Å². The molecule has 0 bridgehead atoms. The predicted octanol–water partition coefficient (Wildman–Crippen LogP) is 2.90. The first-order valence-electron chi connectivity index (χ1n) is 7.56. The number of H-pyrrole nitrogens is 1. The number of hydrogen-bond donors (Lipinski definition) is 2. The summed E-state index contributed by atoms with van der Waals surface area (Å²) in [5, 5.41) is 7.44. The van der Waals surface area contributed by atoms with Gasteiger partial charge in [0, 0.05) is 17.2 Å². The number of nitrogens with two attached hydrogens (primary N) is 1. The zero-order chi connectivity index (χ0) is 14.0. The van der Waals surface area contributed by atoms with Crippen molar-refractivity contribution in [2.45, 2.75) is 25.2 Å². The molecule has 5 heteroatoms. The minimum Gasteiger partial charge on any atom is -0.454 e. The Kier molecular flexibility index (Phi) is 2.15. The van der Waals surface area contributed by atoms with Crippen LogP contribution in [0.4, 0.5) is 5.82 Å². The minimum atomic E-state index is 0.291. The average Bonchev–Trinajstić information content (AvgIpc) is 2.96. The van der Waals surface area contributed by atoms with Crippen molar-refractivity contribution < 1.29 is 9.47 Å². The lowest BCUT2D eigenvalue weighted by Crippen LogP contribution is -1.94. The lowest BCUT2D eigenvalue weighted by atomic mass is 9.99. The smallest absolute Gasteiger partial charge is 0.231 e. The molecule has 0 radical (unpaired) electrons. The number of aromatic nitrogens is 2. The van der Waals surface area contributed by atoms with Crippen LogP contribution in [-0.2, 0) is 0 Å². The van der Waals surface area contributed by atoms with Crippen molar-refractivity contribution in [1.29, 1.82) is 0 Å². The highest BCUT2D eigenvalue weighted by Gasteiger charge is 2.54. The van der Waals surface area contributed by atoms with E-state index in [9.17, 15) is 0 Å². The molecule has 3 aliphatic rings. The highest BCUT2D eigenvalue weighted by molar-refractivity contribution is 5.79. The van der Waals surface area contributed by atoms with Crippen LogP contribution in [0.1, 0.15) is 30.9 Å². The molecular formula is C16H17N3O2. The van der Waals surface area contributed by atoms with Gasteiger partial charge in [-0.1, -0.05) is 12.5 Å². The van der Waals surface area contributed by atoms with Gasteiger partial charge in [-0.05, 0) is 42.4 Å². The highest BCUT2D eigenvalue weighted by atomic mass is 16.7. The molecule has 108 valence electrons. The maximum atomic E-state index is 6.12. The van der Waals surface area contributed by atoms with Gasteiger partial charge >= 0.3 is 0 Å². The largest absolute Gasteiger partial charge is 0.454 e. The molecule has 2 saturated carbocycles. The molecule has 3 N–H and O–H groups in total. The quantitative estimate of drug-likeness (QED) is 0.888. The van der Waals surface area contributed by atoms with Crippen LogP contribution in [-0.4, -0.2) is 17.0 Å². The van der Waals surface area contributed by atoms with Crippen molar-refractivity contribution in [3.05, 3.63) is 23.9 Å². The SMILES string of the molecule is Nc1n[nH]c(C2C3CCCC32)c1-c1ccc2c(c1)OCO2. The van der Waals surface area contributed by atoms with Crippen LogP contribution >= 0.6 is 0 Å². The van der Waals surface area contributed by atoms with Crippen molar-refractivity contribution in [2.75, 3.05) is 12.5 Å². The first-order chi connectivity index (χ1) is 10.3. The lowest BCUT2D eigenvalue weighted by Gasteiger charge is -2.07. The van der Waals surface area contributed by atoms with Gasteiger partial charge in [-0.15, -0.1) is 0 Å². The van der Waals surface area contributed by atoms with Gasteiger partial charge in [0.15, 0.2) is 17.3 Å². The summed E-state index contributed by atoms with van der Waals surface area (Å²) >= 11 is 0. The highest BCUT2D eigenvalue weighted by Crippen LogP contribution is 2.64. The number of nitrogens with one attached hydrogen (secondary N) is 1. The standard InChI is InChI=1S/C16H17N3O2/c17-16-13(8-4-5-11-12(6-8)21-7-20-11)15(18-19-16)14-9-2-1-3-10(9)14/h4-6,9-10,14H,1-3,7H2,(H3,17,18,19). The summed E-state index contributed by atoms with van der Waals surface area (Å²) in [7, 11) is 0. The second-order valence-electron chi connectivity index (χ2n) is 6.25. The van der Waals surface area contributed by atoms with E-state index in [1.807, 2.05) is 18.2 Å². The van der Waals surface area contributed by atoms with Crippen LogP contribution in [0.2, 0.25) is 0 Å². The maximum Gasteiger partial charge on any atom is 0.231 e. The topological polar surface area (TPSA) is 73.2 Å².